The molecule has 4 N–H and O–H groups in total. The van der Waals surface area contributed by atoms with Gasteiger partial charge in [-0.2, -0.15) is 4.37 Å². The van der Waals surface area contributed by atoms with Crippen LogP contribution in [0, 0.1) is 5.41 Å². The van der Waals surface area contributed by atoms with E-state index in [1.54, 1.807) is 12.4 Å². The molecule has 0 spiro atoms. The summed E-state index contributed by atoms with van der Waals surface area (Å²) in [5.74, 6) is 0.502. The average molecular weight is 278 g/mol. The topological polar surface area (TPSA) is 84.1 Å². The predicted molar refractivity (Wildman–Crippen MR) is 79.1 cm³/mol. The fourth-order valence-corrected chi connectivity index (χ4v) is 2.32. The van der Waals surface area contributed by atoms with Crippen molar-refractivity contribution in [1.29, 1.82) is 0 Å². The smallest absolute Gasteiger partial charge is 0.147 e. The van der Waals surface area contributed by atoms with E-state index in [0.29, 0.717) is 12.4 Å². The van der Waals surface area contributed by atoms with Gasteiger partial charge in [0.25, 0.3) is 0 Å². The zero-order valence-electron chi connectivity index (χ0n) is 11.1. The van der Waals surface area contributed by atoms with Crippen LogP contribution in [0.5, 0.6) is 0 Å². The van der Waals surface area contributed by atoms with Crippen molar-refractivity contribution in [3.8, 4) is 11.1 Å². The first-order chi connectivity index (χ1) is 9.03. The number of aliphatic hydroxyl groups is 1. The maximum atomic E-state index is 9.28. The molecule has 2 aromatic heterocycles. The van der Waals surface area contributed by atoms with Gasteiger partial charge < -0.3 is 16.2 Å². The molecule has 0 fully saturated rings. The van der Waals surface area contributed by atoms with Crippen LogP contribution in [0.15, 0.2) is 24.5 Å². The lowest BCUT2D eigenvalue weighted by Crippen LogP contribution is -2.26. The number of aliphatic hydroxyl groups excluding tert-OH is 1. The van der Waals surface area contributed by atoms with Crippen molar-refractivity contribution in [1.82, 2.24) is 9.36 Å². The molecule has 0 aliphatic heterocycles. The second-order valence-electron chi connectivity index (χ2n) is 5.19. The van der Waals surface area contributed by atoms with Crippen LogP contribution in [0.25, 0.3) is 11.1 Å². The largest absolute Gasteiger partial charge is 0.396 e. The molecule has 5 nitrogen and oxygen atoms in total. The number of nitrogens with zero attached hydrogens (tertiary/aromatic N) is 2. The van der Waals surface area contributed by atoms with E-state index in [9.17, 15) is 5.11 Å². The first-order valence-electron chi connectivity index (χ1n) is 6.04. The molecule has 102 valence electrons. The van der Waals surface area contributed by atoms with E-state index < -0.39 is 0 Å². The summed E-state index contributed by atoms with van der Waals surface area (Å²) in [6.07, 6.45) is 3.49. The molecule has 0 saturated heterocycles. The Kier molecular flexibility index (Phi) is 4.01. The fraction of sp³-hybridized carbons (Fsp3) is 0.385. The Labute approximate surface area is 116 Å². The van der Waals surface area contributed by atoms with Crippen LogP contribution in [0.4, 0.5) is 10.8 Å². The number of anilines is 2. The van der Waals surface area contributed by atoms with Gasteiger partial charge >= 0.3 is 0 Å². The molecule has 0 atom stereocenters. The van der Waals surface area contributed by atoms with Crippen molar-refractivity contribution >= 4 is 22.4 Å². The summed E-state index contributed by atoms with van der Waals surface area (Å²) in [5, 5.41) is 13.5. The summed E-state index contributed by atoms with van der Waals surface area (Å²) in [7, 11) is 0. The summed E-state index contributed by atoms with van der Waals surface area (Å²) < 4.78 is 4.19. The van der Waals surface area contributed by atoms with Gasteiger partial charge in [0.15, 0.2) is 0 Å². The van der Waals surface area contributed by atoms with Gasteiger partial charge in [-0.15, -0.1) is 0 Å². The van der Waals surface area contributed by atoms with E-state index in [1.165, 1.54) is 11.5 Å². The van der Waals surface area contributed by atoms with E-state index in [1.807, 2.05) is 26.0 Å². The Morgan fingerprint density at radius 2 is 2.26 bits per heavy atom. The minimum Gasteiger partial charge on any atom is -0.396 e. The van der Waals surface area contributed by atoms with Crippen molar-refractivity contribution in [3.63, 3.8) is 0 Å². The number of rotatable bonds is 5. The van der Waals surface area contributed by atoms with Crippen molar-refractivity contribution in [2.45, 2.75) is 13.8 Å². The maximum Gasteiger partial charge on any atom is 0.147 e. The zero-order valence-corrected chi connectivity index (χ0v) is 11.9. The zero-order chi connectivity index (χ0) is 13.9. The van der Waals surface area contributed by atoms with Gasteiger partial charge in [-0.25, -0.2) is 0 Å². The van der Waals surface area contributed by atoms with E-state index in [4.69, 9.17) is 5.73 Å². The molecule has 0 aliphatic rings. The Morgan fingerprint density at radius 3 is 2.89 bits per heavy atom. The molecular weight excluding hydrogens is 260 g/mol. The van der Waals surface area contributed by atoms with Crippen LogP contribution in [0.2, 0.25) is 0 Å². The number of nitrogens with one attached hydrogen (secondary N) is 1. The minimum absolute atomic E-state index is 0.122. The minimum atomic E-state index is -0.190. The molecule has 2 heterocycles. The number of hydrogen-bond donors (Lipinski definition) is 3. The van der Waals surface area contributed by atoms with Gasteiger partial charge in [0.2, 0.25) is 0 Å². The lowest BCUT2D eigenvalue weighted by atomic mass is 9.95. The lowest BCUT2D eigenvalue weighted by Gasteiger charge is -2.22. The van der Waals surface area contributed by atoms with Crippen LogP contribution in [-0.2, 0) is 0 Å². The molecule has 0 radical (unpaired) electrons. The molecule has 6 heteroatoms. The van der Waals surface area contributed by atoms with Gasteiger partial charge in [0, 0.05) is 36.5 Å². The molecule has 0 amide bonds. The second kappa shape index (κ2) is 5.54. The summed E-state index contributed by atoms with van der Waals surface area (Å²) in [4.78, 5) is 4.10. The molecule has 0 aromatic carbocycles. The molecule has 19 heavy (non-hydrogen) atoms. The van der Waals surface area contributed by atoms with E-state index in [2.05, 4.69) is 14.7 Å². The highest BCUT2D eigenvalue weighted by molar-refractivity contribution is 7.11. The summed E-state index contributed by atoms with van der Waals surface area (Å²) in [6.45, 7) is 4.76. The SMILES string of the molecule is CC(C)(CO)CNc1snc(N)c1-c1cccnc1. The van der Waals surface area contributed by atoms with Crippen LogP contribution >= 0.6 is 11.5 Å². The van der Waals surface area contributed by atoms with E-state index in [-0.39, 0.29) is 12.0 Å². The summed E-state index contributed by atoms with van der Waals surface area (Å²) >= 11 is 1.33. The highest BCUT2D eigenvalue weighted by atomic mass is 32.1. The number of nitrogens with two attached hydrogens (primary N) is 1. The predicted octanol–water partition coefficient (Wildman–Crippen LogP) is 2.22. The average Bonchev–Trinajstić information content (AvgIpc) is 2.79. The first kappa shape index (κ1) is 13.8. The highest BCUT2D eigenvalue weighted by Crippen LogP contribution is 2.36. The third kappa shape index (κ3) is 3.21. The van der Waals surface area contributed by atoms with Gasteiger partial charge in [-0.1, -0.05) is 19.9 Å². The van der Waals surface area contributed by atoms with Crippen molar-refractivity contribution in [3.05, 3.63) is 24.5 Å². The monoisotopic (exact) mass is 278 g/mol. The fourth-order valence-electron chi connectivity index (χ4n) is 1.59. The van der Waals surface area contributed by atoms with Crippen LogP contribution in [0.3, 0.4) is 0 Å². The lowest BCUT2D eigenvalue weighted by molar-refractivity contribution is 0.171. The molecule has 2 aromatic rings. The van der Waals surface area contributed by atoms with Gasteiger partial charge in [-0.05, 0) is 17.6 Å². The quantitative estimate of drug-likeness (QED) is 0.781. The van der Waals surface area contributed by atoms with Gasteiger partial charge in [0.05, 0.1) is 5.56 Å². The highest BCUT2D eigenvalue weighted by Gasteiger charge is 2.19. The summed E-state index contributed by atoms with van der Waals surface area (Å²) in [6, 6.07) is 3.82. The summed E-state index contributed by atoms with van der Waals surface area (Å²) in [5.41, 5.74) is 7.56. The number of pyridine rings is 1. The molecule has 0 saturated carbocycles. The Balaban J connectivity index is 2.24. The third-order valence-electron chi connectivity index (χ3n) is 2.82. The van der Waals surface area contributed by atoms with Gasteiger partial charge in [0.1, 0.15) is 10.8 Å². The van der Waals surface area contributed by atoms with Crippen molar-refractivity contribution in [2.75, 3.05) is 24.2 Å². The normalized spacial score (nSPS) is 11.5. The number of aromatic nitrogens is 2. The van der Waals surface area contributed by atoms with Gasteiger partial charge in [-0.3, -0.25) is 4.98 Å². The van der Waals surface area contributed by atoms with Crippen LogP contribution in [-0.4, -0.2) is 27.6 Å². The van der Waals surface area contributed by atoms with E-state index >= 15 is 0 Å². The molecule has 0 aliphatic carbocycles. The molecule has 0 bridgehead atoms. The molecule has 0 unspecified atom stereocenters. The van der Waals surface area contributed by atoms with E-state index in [0.717, 1.165) is 16.1 Å². The van der Waals surface area contributed by atoms with Crippen LogP contribution in [0.1, 0.15) is 13.8 Å². The Morgan fingerprint density at radius 1 is 1.47 bits per heavy atom. The Hall–Kier alpha value is -1.66. The number of nitrogen functional groups attached to an aromatic ring is 1. The third-order valence-corrected chi connectivity index (χ3v) is 3.64. The van der Waals surface area contributed by atoms with Crippen LogP contribution < -0.4 is 11.1 Å². The molecular formula is C13H18N4OS. The van der Waals surface area contributed by atoms with Crippen molar-refractivity contribution < 1.29 is 5.11 Å². The Bertz CT molecular complexity index is 539. The first-order valence-corrected chi connectivity index (χ1v) is 6.81. The molecule has 2 rings (SSSR count). The maximum absolute atomic E-state index is 9.28. The standard InChI is InChI=1S/C13H18N4OS/c1-13(2,8-18)7-16-12-10(11(14)17-19-12)9-4-3-5-15-6-9/h3-6,16,18H,7-8H2,1-2H3,(H2,14,17). The second-order valence-corrected chi connectivity index (χ2v) is 5.96. The van der Waals surface area contributed by atoms with Crippen molar-refractivity contribution in [2.24, 2.45) is 5.41 Å². The number of hydrogen-bond acceptors (Lipinski definition) is 6.